The maximum Gasteiger partial charge on any atom is 0.335 e. The average molecular weight is 316 g/mol. The molecule has 90 valence electrons. The lowest BCUT2D eigenvalue weighted by Crippen LogP contribution is -2.25. The highest BCUT2D eigenvalue weighted by atomic mass is 79.9. The first-order chi connectivity index (χ1) is 7.99. The van der Waals surface area contributed by atoms with Gasteiger partial charge in [0.1, 0.15) is 0 Å². The van der Waals surface area contributed by atoms with Crippen LogP contribution in [0, 0.1) is 0 Å². The summed E-state index contributed by atoms with van der Waals surface area (Å²) in [5.74, 6) is -0.981. The minimum Gasteiger partial charge on any atom is -0.478 e. The number of hydrogen-bond acceptors (Lipinski definition) is 3. The zero-order valence-electron chi connectivity index (χ0n) is 8.76. The number of nitrogens with zero attached hydrogens (tertiary/aromatic N) is 1. The molecule has 1 aromatic carbocycles. The summed E-state index contributed by atoms with van der Waals surface area (Å²) >= 11 is 7.57. The van der Waals surface area contributed by atoms with E-state index in [0.29, 0.717) is 23.1 Å². The Morgan fingerprint density at radius 1 is 1.53 bits per heavy atom. The summed E-state index contributed by atoms with van der Waals surface area (Å²) in [4.78, 5) is 24.1. The van der Waals surface area contributed by atoms with E-state index in [4.69, 9.17) is 5.11 Å². The van der Waals surface area contributed by atoms with Crippen molar-refractivity contribution in [2.45, 2.75) is 11.7 Å². The second-order valence-electron chi connectivity index (χ2n) is 3.83. The molecule has 0 aromatic heterocycles. The molecule has 0 bridgehead atoms. The van der Waals surface area contributed by atoms with E-state index in [0.717, 1.165) is 0 Å². The number of amides is 1. The molecule has 1 heterocycles. The molecule has 1 aliphatic heterocycles. The van der Waals surface area contributed by atoms with E-state index in [2.05, 4.69) is 28.6 Å². The Hall–Kier alpha value is -1.01. The van der Waals surface area contributed by atoms with E-state index < -0.39 is 5.97 Å². The predicted molar refractivity (Wildman–Crippen MR) is 70.8 cm³/mol. The molecular formula is C11H10BrNO3S. The smallest absolute Gasteiger partial charge is 0.335 e. The molecule has 6 heteroatoms. The number of carbonyl (C=O) groups excluding carboxylic acids is 1. The highest BCUT2D eigenvalue weighted by Gasteiger charge is 2.29. The molecule has 0 spiro atoms. The number of halogens is 1. The summed E-state index contributed by atoms with van der Waals surface area (Å²) in [6.07, 6.45) is 0.413. The Morgan fingerprint density at radius 3 is 2.71 bits per heavy atom. The molecule has 1 atom stereocenters. The van der Waals surface area contributed by atoms with Gasteiger partial charge in [-0.05, 0) is 34.1 Å². The van der Waals surface area contributed by atoms with Crippen molar-refractivity contribution in [1.82, 2.24) is 0 Å². The number of benzene rings is 1. The Bertz CT molecular complexity index is 492. The van der Waals surface area contributed by atoms with Crippen LogP contribution in [0.5, 0.6) is 0 Å². The first-order valence-electron chi connectivity index (χ1n) is 5.00. The van der Waals surface area contributed by atoms with Crippen LogP contribution in [-0.4, -0.2) is 28.8 Å². The molecule has 1 N–H and O–H groups in total. The third-order valence-electron chi connectivity index (χ3n) is 2.59. The fraction of sp³-hybridized carbons (Fsp3) is 0.273. The number of carboxylic acid groups (broad SMARTS) is 1. The highest BCUT2D eigenvalue weighted by molar-refractivity contribution is 9.10. The van der Waals surface area contributed by atoms with Gasteiger partial charge in [0.2, 0.25) is 5.91 Å². The van der Waals surface area contributed by atoms with E-state index in [-0.39, 0.29) is 16.7 Å². The summed E-state index contributed by atoms with van der Waals surface area (Å²) in [7, 11) is 0. The zero-order valence-corrected chi connectivity index (χ0v) is 11.2. The van der Waals surface area contributed by atoms with Crippen LogP contribution in [0.3, 0.4) is 0 Å². The predicted octanol–water partition coefficient (Wildman–Crippen LogP) is 2.18. The van der Waals surface area contributed by atoms with Crippen molar-refractivity contribution in [1.29, 1.82) is 0 Å². The van der Waals surface area contributed by atoms with Crippen molar-refractivity contribution in [2.24, 2.45) is 0 Å². The fourth-order valence-electron chi connectivity index (χ4n) is 1.78. The van der Waals surface area contributed by atoms with Gasteiger partial charge in [-0.25, -0.2) is 4.79 Å². The number of hydrogen-bond donors (Lipinski definition) is 2. The number of rotatable bonds is 2. The van der Waals surface area contributed by atoms with Gasteiger partial charge >= 0.3 is 5.97 Å². The normalized spacial score (nSPS) is 19.8. The average Bonchev–Trinajstić information content (AvgIpc) is 2.57. The van der Waals surface area contributed by atoms with E-state index in [1.54, 1.807) is 11.0 Å². The molecule has 0 radical (unpaired) electrons. The lowest BCUT2D eigenvalue weighted by molar-refractivity contribution is -0.117. The van der Waals surface area contributed by atoms with E-state index in [1.807, 2.05) is 0 Å². The van der Waals surface area contributed by atoms with Crippen LogP contribution < -0.4 is 4.90 Å². The maximum absolute atomic E-state index is 11.7. The van der Waals surface area contributed by atoms with Gasteiger partial charge in [0.25, 0.3) is 0 Å². The lowest BCUT2D eigenvalue weighted by atomic mass is 10.2. The molecule has 0 aliphatic carbocycles. The van der Waals surface area contributed by atoms with E-state index in [9.17, 15) is 9.59 Å². The molecule has 1 saturated heterocycles. The molecule has 4 nitrogen and oxygen atoms in total. The summed E-state index contributed by atoms with van der Waals surface area (Å²) in [6, 6.07) is 4.62. The van der Waals surface area contributed by atoms with Crippen LogP contribution >= 0.6 is 28.6 Å². The topological polar surface area (TPSA) is 57.6 Å². The van der Waals surface area contributed by atoms with E-state index in [1.165, 1.54) is 12.1 Å². The van der Waals surface area contributed by atoms with Gasteiger partial charge in [-0.2, -0.15) is 12.6 Å². The third kappa shape index (κ3) is 2.47. The minimum atomic E-state index is -0.989. The quantitative estimate of drug-likeness (QED) is 0.822. The number of aromatic carboxylic acids is 1. The Morgan fingerprint density at radius 2 is 2.24 bits per heavy atom. The van der Waals surface area contributed by atoms with Crippen molar-refractivity contribution < 1.29 is 14.7 Å². The Labute approximate surface area is 112 Å². The Balaban J connectivity index is 2.34. The Kier molecular flexibility index (Phi) is 3.44. The number of anilines is 1. The second kappa shape index (κ2) is 4.70. The van der Waals surface area contributed by atoms with Gasteiger partial charge in [-0.1, -0.05) is 0 Å². The molecule has 1 aromatic rings. The summed E-state index contributed by atoms with van der Waals surface area (Å²) < 4.78 is 0.605. The van der Waals surface area contributed by atoms with Crippen LogP contribution in [0.2, 0.25) is 0 Å². The van der Waals surface area contributed by atoms with Gasteiger partial charge in [-0.15, -0.1) is 0 Å². The number of carbonyl (C=O) groups is 2. The van der Waals surface area contributed by atoms with Gasteiger partial charge < -0.3 is 10.0 Å². The standard InChI is InChI=1S/C11H10BrNO3S/c12-8-3-6(11(15)16)1-2-9(8)13-5-7(17)4-10(13)14/h1-3,7,17H,4-5H2,(H,15,16). The van der Waals surface area contributed by atoms with Crippen LogP contribution in [0.4, 0.5) is 5.69 Å². The number of thiol groups is 1. The van der Waals surface area contributed by atoms with Crippen LogP contribution in [0.25, 0.3) is 0 Å². The SMILES string of the molecule is O=C(O)c1ccc(N2CC(S)CC2=O)c(Br)c1. The lowest BCUT2D eigenvalue weighted by Gasteiger charge is -2.18. The van der Waals surface area contributed by atoms with Gasteiger partial charge in [-0.3, -0.25) is 4.79 Å². The molecular weight excluding hydrogens is 306 g/mol. The monoisotopic (exact) mass is 315 g/mol. The summed E-state index contributed by atoms with van der Waals surface area (Å²) in [5.41, 5.74) is 0.881. The van der Waals surface area contributed by atoms with Gasteiger partial charge in [0.15, 0.2) is 0 Å². The van der Waals surface area contributed by atoms with Crippen molar-refractivity contribution >= 4 is 46.1 Å². The minimum absolute atomic E-state index is 0.00813. The van der Waals surface area contributed by atoms with Crippen LogP contribution in [0.15, 0.2) is 22.7 Å². The molecule has 0 saturated carbocycles. The van der Waals surface area contributed by atoms with Crippen molar-refractivity contribution in [3.63, 3.8) is 0 Å². The highest BCUT2D eigenvalue weighted by Crippen LogP contribution is 2.31. The third-order valence-corrected chi connectivity index (χ3v) is 3.57. The molecule has 1 aliphatic rings. The van der Waals surface area contributed by atoms with Crippen molar-refractivity contribution in [3.8, 4) is 0 Å². The van der Waals surface area contributed by atoms with Crippen LogP contribution in [0.1, 0.15) is 16.8 Å². The van der Waals surface area contributed by atoms with E-state index >= 15 is 0 Å². The fourth-order valence-corrected chi connectivity index (χ4v) is 2.69. The molecule has 1 amide bonds. The first-order valence-corrected chi connectivity index (χ1v) is 6.31. The first kappa shape index (κ1) is 12.4. The molecule has 17 heavy (non-hydrogen) atoms. The maximum atomic E-state index is 11.7. The largest absolute Gasteiger partial charge is 0.478 e. The van der Waals surface area contributed by atoms with Crippen molar-refractivity contribution in [2.75, 3.05) is 11.4 Å². The second-order valence-corrected chi connectivity index (χ2v) is 5.42. The molecule has 1 fully saturated rings. The van der Waals surface area contributed by atoms with Gasteiger partial charge in [0.05, 0.1) is 11.3 Å². The van der Waals surface area contributed by atoms with Crippen LogP contribution in [-0.2, 0) is 4.79 Å². The summed E-state index contributed by atoms with van der Waals surface area (Å²) in [5, 5.41) is 8.88. The molecule has 1 unspecified atom stereocenters. The number of carboxylic acids is 1. The van der Waals surface area contributed by atoms with Crippen molar-refractivity contribution in [3.05, 3.63) is 28.2 Å². The van der Waals surface area contributed by atoms with Gasteiger partial charge in [0, 0.05) is 22.7 Å². The molecule has 2 rings (SSSR count). The summed E-state index contributed by atoms with van der Waals surface area (Å²) in [6.45, 7) is 0.549. The zero-order chi connectivity index (χ0) is 12.6.